The molecule has 1 aliphatic heterocycles. The number of aryl methyl sites for hydroxylation is 2. The molecule has 1 aromatic rings. The minimum atomic E-state index is -0.852. The molecular formula is C19H29N3O3. The van der Waals surface area contributed by atoms with Gasteiger partial charge in [-0.25, -0.2) is 4.98 Å². The Labute approximate surface area is 149 Å². The fourth-order valence-electron chi connectivity index (χ4n) is 3.40. The van der Waals surface area contributed by atoms with Crippen LogP contribution in [0.4, 0.5) is 0 Å². The second-order valence-electron chi connectivity index (χ2n) is 7.13. The van der Waals surface area contributed by atoms with Gasteiger partial charge in [-0.2, -0.15) is 0 Å². The third-order valence-electron chi connectivity index (χ3n) is 4.97. The lowest BCUT2D eigenvalue weighted by atomic mass is 9.76. The van der Waals surface area contributed by atoms with Gasteiger partial charge in [0.1, 0.15) is 5.82 Å². The highest BCUT2D eigenvalue weighted by Crippen LogP contribution is 2.35. The van der Waals surface area contributed by atoms with E-state index in [0.717, 1.165) is 24.2 Å². The number of carboxylic acids is 1. The molecule has 0 aliphatic carbocycles. The number of amides is 1. The summed E-state index contributed by atoms with van der Waals surface area (Å²) in [5.74, 6) is 0.193. The van der Waals surface area contributed by atoms with E-state index < -0.39 is 11.4 Å². The number of carbonyl (C=O) groups is 2. The summed E-state index contributed by atoms with van der Waals surface area (Å²) in [5.41, 5.74) is 0.255. The van der Waals surface area contributed by atoms with Gasteiger partial charge in [0.2, 0.25) is 5.91 Å². The molecule has 1 atom stereocenters. The molecule has 1 unspecified atom stereocenters. The molecule has 25 heavy (non-hydrogen) atoms. The van der Waals surface area contributed by atoms with Crippen LogP contribution in [-0.4, -0.2) is 44.5 Å². The molecule has 1 aliphatic rings. The third-order valence-corrected chi connectivity index (χ3v) is 4.97. The largest absolute Gasteiger partial charge is 0.481 e. The lowest BCUT2D eigenvalue weighted by molar-refractivity contribution is -0.154. The van der Waals surface area contributed by atoms with E-state index in [9.17, 15) is 14.7 Å². The maximum Gasteiger partial charge on any atom is 0.311 e. The lowest BCUT2D eigenvalue weighted by Crippen LogP contribution is -2.49. The molecule has 0 bridgehead atoms. The molecule has 6 nitrogen and oxygen atoms in total. The van der Waals surface area contributed by atoms with Gasteiger partial charge in [-0.1, -0.05) is 18.6 Å². The highest BCUT2D eigenvalue weighted by molar-refractivity contribution is 5.80. The Kier molecular flexibility index (Phi) is 6.39. The standard InChI is InChI=1S/C19H29N3O3/c1-4-16-20-10-13-21(16)12-7-17(23)22-11-5-8-19(14-22,18(24)25)9-6-15(2)3/h6,10,13H,4-5,7-9,11-12,14H2,1-3H3,(H,24,25). The van der Waals surface area contributed by atoms with Crippen molar-refractivity contribution in [2.75, 3.05) is 13.1 Å². The molecule has 1 saturated heterocycles. The normalized spacial score (nSPS) is 20.4. The minimum absolute atomic E-state index is 0.0262. The number of imidazole rings is 1. The average Bonchev–Trinajstić information content (AvgIpc) is 3.05. The maximum atomic E-state index is 12.6. The van der Waals surface area contributed by atoms with Crippen molar-refractivity contribution in [3.05, 3.63) is 29.9 Å². The molecule has 2 heterocycles. The molecule has 0 aromatic carbocycles. The van der Waals surface area contributed by atoms with Gasteiger partial charge >= 0.3 is 5.97 Å². The zero-order valence-electron chi connectivity index (χ0n) is 15.5. The highest BCUT2D eigenvalue weighted by atomic mass is 16.4. The number of aromatic nitrogens is 2. The van der Waals surface area contributed by atoms with Crippen molar-refractivity contribution in [1.82, 2.24) is 14.5 Å². The summed E-state index contributed by atoms with van der Waals surface area (Å²) >= 11 is 0. The van der Waals surface area contributed by atoms with Gasteiger partial charge in [-0.3, -0.25) is 9.59 Å². The number of likely N-dealkylation sites (tertiary alicyclic amines) is 1. The van der Waals surface area contributed by atoms with Gasteiger partial charge in [0.25, 0.3) is 0 Å². The summed E-state index contributed by atoms with van der Waals surface area (Å²) in [5, 5.41) is 9.77. The minimum Gasteiger partial charge on any atom is -0.481 e. The van der Waals surface area contributed by atoms with Crippen molar-refractivity contribution < 1.29 is 14.7 Å². The van der Waals surface area contributed by atoms with Crippen LogP contribution in [0.25, 0.3) is 0 Å². The zero-order chi connectivity index (χ0) is 18.4. The Hall–Kier alpha value is -2.11. The first-order valence-corrected chi connectivity index (χ1v) is 9.02. The van der Waals surface area contributed by atoms with Gasteiger partial charge in [-0.15, -0.1) is 0 Å². The van der Waals surface area contributed by atoms with E-state index in [4.69, 9.17) is 0 Å². The molecule has 2 rings (SSSR count). The van der Waals surface area contributed by atoms with Gasteiger partial charge in [-0.05, 0) is 33.1 Å². The van der Waals surface area contributed by atoms with E-state index in [2.05, 4.69) is 4.98 Å². The first kappa shape index (κ1) is 19.2. The predicted molar refractivity (Wildman–Crippen MR) is 96.2 cm³/mol. The van der Waals surface area contributed by atoms with Crippen molar-refractivity contribution in [2.24, 2.45) is 5.41 Å². The highest BCUT2D eigenvalue weighted by Gasteiger charge is 2.42. The van der Waals surface area contributed by atoms with Crippen molar-refractivity contribution >= 4 is 11.9 Å². The monoisotopic (exact) mass is 347 g/mol. The van der Waals surface area contributed by atoms with Crippen LogP contribution >= 0.6 is 0 Å². The van der Waals surface area contributed by atoms with Crippen LogP contribution in [-0.2, 0) is 22.6 Å². The number of hydrogen-bond acceptors (Lipinski definition) is 3. The third kappa shape index (κ3) is 4.71. The number of aliphatic carboxylic acids is 1. The molecule has 0 saturated carbocycles. The Morgan fingerprint density at radius 3 is 2.80 bits per heavy atom. The molecule has 1 aromatic heterocycles. The van der Waals surface area contributed by atoms with Gasteiger partial charge in [0, 0.05) is 44.9 Å². The fourth-order valence-corrected chi connectivity index (χ4v) is 3.40. The van der Waals surface area contributed by atoms with Gasteiger partial charge in [0.15, 0.2) is 0 Å². The summed E-state index contributed by atoms with van der Waals surface area (Å²) in [6.45, 7) is 7.51. The van der Waals surface area contributed by atoms with E-state index in [1.807, 2.05) is 37.6 Å². The van der Waals surface area contributed by atoms with Crippen LogP contribution in [0.2, 0.25) is 0 Å². The van der Waals surface area contributed by atoms with E-state index in [0.29, 0.717) is 38.9 Å². The van der Waals surface area contributed by atoms with Crippen molar-refractivity contribution in [2.45, 2.75) is 59.4 Å². The van der Waals surface area contributed by atoms with E-state index in [1.165, 1.54) is 0 Å². The predicted octanol–water partition coefficient (Wildman–Crippen LogP) is 2.89. The molecule has 138 valence electrons. The number of piperidine rings is 1. The second kappa shape index (κ2) is 8.32. The second-order valence-corrected chi connectivity index (χ2v) is 7.13. The molecular weight excluding hydrogens is 318 g/mol. The number of nitrogens with zero attached hydrogens (tertiary/aromatic N) is 3. The number of allylic oxidation sites excluding steroid dienone is 2. The molecule has 6 heteroatoms. The molecule has 0 spiro atoms. The Morgan fingerprint density at radius 1 is 1.40 bits per heavy atom. The SMILES string of the molecule is CCc1nccn1CCC(=O)N1CCCC(CC=C(C)C)(C(=O)O)C1. The zero-order valence-corrected chi connectivity index (χ0v) is 15.5. The first-order chi connectivity index (χ1) is 11.9. The maximum absolute atomic E-state index is 12.6. The van der Waals surface area contributed by atoms with Crippen LogP contribution in [0.1, 0.15) is 52.3 Å². The van der Waals surface area contributed by atoms with Crippen molar-refractivity contribution in [3.8, 4) is 0 Å². The molecule has 1 N–H and O–H groups in total. The fraction of sp³-hybridized carbons (Fsp3) is 0.632. The van der Waals surface area contributed by atoms with Crippen LogP contribution in [0.5, 0.6) is 0 Å². The van der Waals surface area contributed by atoms with E-state index in [-0.39, 0.29) is 5.91 Å². The van der Waals surface area contributed by atoms with Crippen LogP contribution in [0, 0.1) is 5.41 Å². The topological polar surface area (TPSA) is 75.4 Å². The number of carbonyl (C=O) groups excluding carboxylic acids is 1. The lowest BCUT2D eigenvalue weighted by Gasteiger charge is -2.39. The van der Waals surface area contributed by atoms with Gasteiger partial charge in [0.05, 0.1) is 5.41 Å². The first-order valence-electron chi connectivity index (χ1n) is 9.02. The summed E-state index contributed by atoms with van der Waals surface area (Å²) in [6.07, 6.45) is 8.66. The summed E-state index contributed by atoms with van der Waals surface area (Å²) < 4.78 is 2.00. The quantitative estimate of drug-likeness (QED) is 0.770. The Morgan fingerprint density at radius 2 is 2.16 bits per heavy atom. The van der Waals surface area contributed by atoms with E-state index in [1.54, 1.807) is 11.1 Å². The number of carboxylic acid groups (broad SMARTS) is 1. The number of hydrogen-bond donors (Lipinski definition) is 1. The number of rotatable bonds is 7. The van der Waals surface area contributed by atoms with Gasteiger partial charge < -0.3 is 14.6 Å². The Bertz CT molecular complexity index is 646. The van der Waals surface area contributed by atoms with Crippen LogP contribution in [0.3, 0.4) is 0 Å². The average molecular weight is 347 g/mol. The molecule has 1 fully saturated rings. The van der Waals surface area contributed by atoms with E-state index >= 15 is 0 Å². The molecule has 1 amide bonds. The van der Waals surface area contributed by atoms with Crippen LogP contribution < -0.4 is 0 Å². The Balaban J connectivity index is 2.02. The van der Waals surface area contributed by atoms with Crippen molar-refractivity contribution in [3.63, 3.8) is 0 Å². The van der Waals surface area contributed by atoms with Crippen LogP contribution in [0.15, 0.2) is 24.0 Å². The summed E-state index contributed by atoms with van der Waals surface area (Å²) in [6, 6.07) is 0. The summed E-state index contributed by atoms with van der Waals surface area (Å²) in [4.78, 5) is 30.5. The smallest absolute Gasteiger partial charge is 0.311 e. The van der Waals surface area contributed by atoms with Crippen molar-refractivity contribution in [1.29, 1.82) is 0 Å². The summed E-state index contributed by atoms with van der Waals surface area (Å²) in [7, 11) is 0. The molecule has 0 radical (unpaired) electrons.